The first-order valence-electron chi connectivity index (χ1n) is 7.77. The van der Waals surface area contributed by atoms with E-state index < -0.39 is 5.97 Å². The zero-order chi connectivity index (χ0) is 17.1. The third-order valence-electron chi connectivity index (χ3n) is 3.84. The van der Waals surface area contributed by atoms with Crippen molar-refractivity contribution in [3.63, 3.8) is 0 Å². The average Bonchev–Trinajstić information content (AvgIpc) is 3.10. The van der Waals surface area contributed by atoms with Gasteiger partial charge in [-0.1, -0.05) is 5.16 Å². The molecule has 24 heavy (non-hydrogen) atoms. The van der Waals surface area contributed by atoms with Crippen molar-refractivity contribution in [2.45, 2.75) is 31.7 Å². The lowest BCUT2D eigenvalue weighted by atomic mass is 10.2. The number of amides is 1. The number of aromatic carboxylic acids is 1. The molecule has 0 radical (unpaired) electrons. The highest BCUT2D eigenvalue weighted by Gasteiger charge is 2.27. The lowest BCUT2D eigenvalue weighted by Gasteiger charge is -2.14. The van der Waals surface area contributed by atoms with Crippen LogP contribution in [0.2, 0.25) is 0 Å². The number of rotatable bonds is 8. The SMILES string of the molecule is CN(CCC(=O)Nc1ccsc1C(=O)O)Cc1cc(C2CC2)on1. The number of nitrogens with zero attached hydrogens (tertiary/aromatic N) is 2. The van der Waals surface area contributed by atoms with Crippen molar-refractivity contribution in [2.75, 3.05) is 18.9 Å². The molecule has 1 amide bonds. The zero-order valence-corrected chi connectivity index (χ0v) is 14.1. The first kappa shape index (κ1) is 16.7. The Morgan fingerprint density at radius 1 is 1.50 bits per heavy atom. The van der Waals surface area contributed by atoms with Crippen LogP contribution in [0.25, 0.3) is 0 Å². The van der Waals surface area contributed by atoms with Crippen LogP contribution < -0.4 is 5.32 Å². The molecule has 0 atom stereocenters. The van der Waals surface area contributed by atoms with E-state index in [9.17, 15) is 9.59 Å². The molecule has 3 rings (SSSR count). The van der Waals surface area contributed by atoms with Crippen LogP contribution >= 0.6 is 11.3 Å². The molecule has 1 aliphatic rings. The Bertz CT molecular complexity index is 735. The molecular weight excluding hydrogens is 330 g/mol. The van der Waals surface area contributed by atoms with Crippen LogP contribution in [0.15, 0.2) is 22.0 Å². The van der Waals surface area contributed by atoms with Gasteiger partial charge in [-0.15, -0.1) is 11.3 Å². The Morgan fingerprint density at radius 2 is 2.29 bits per heavy atom. The molecule has 0 saturated heterocycles. The highest BCUT2D eigenvalue weighted by atomic mass is 32.1. The summed E-state index contributed by atoms with van der Waals surface area (Å²) >= 11 is 1.09. The number of thiophene rings is 1. The molecule has 1 saturated carbocycles. The summed E-state index contributed by atoms with van der Waals surface area (Å²) in [5.41, 5.74) is 1.22. The second kappa shape index (κ2) is 7.14. The molecule has 2 aromatic heterocycles. The molecule has 0 unspecified atom stereocenters. The Kier molecular flexibility index (Phi) is 4.96. The lowest BCUT2D eigenvalue weighted by Crippen LogP contribution is -2.24. The van der Waals surface area contributed by atoms with Crippen LogP contribution in [0.1, 0.15) is 46.3 Å². The van der Waals surface area contributed by atoms with Crippen molar-refractivity contribution in [3.05, 3.63) is 33.8 Å². The average molecular weight is 349 g/mol. The van der Waals surface area contributed by atoms with E-state index in [2.05, 4.69) is 10.5 Å². The Balaban J connectivity index is 1.44. The monoisotopic (exact) mass is 349 g/mol. The van der Waals surface area contributed by atoms with Gasteiger partial charge >= 0.3 is 5.97 Å². The molecule has 2 N–H and O–H groups in total. The van der Waals surface area contributed by atoms with Crippen LogP contribution in [-0.2, 0) is 11.3 Å². The normalized spacial score (nSPS) is 14.1. The van der Waals surface area contributed by atoms with Crippen molar-refractivity contribution in [1.82, 2.24) is 10.1 Å². The van der Waals surface area contributed by atoms with Gasteiger partial charge in [-0.25, -0.2) is 4.79 Å². The first-order chi connectivity index (χ1) is 11.5. The second-order valence-corrected chi connectivity index (χ2v) is 6.92. The molecule has 0 aliphatic heterocycles. The number of anilines is 1. The maximum Gasteiger partial charge on any atom is 0.348 e. The fourth-order valence-electron chi connectivity index (χ4n) is 2.40. The second-order valence-electron chi connectivity index (χ2n) is 6.00. The maximum atomic E-state index is 12.0. The fourth-order valence-corrected chi connectivity index (χ4v) is 3.08. The minimum atomic E-state index is -1.03. The van der Waals surface area contributed by atoms with Crippen molar-refractivity contribution in [1.29, 1.82) is 0 Å². The van der Waals surface area contributed by atoms with E-state index >= 15 is 0 Å². The van der Waals surface area contributed by atoms with E-state index in [4.69, 9.17) is 9.63 Å². The number of carboxylic acid groups (broad SMARTS) is 1. The topological polar surface area (TPSA) is 95.7 Å². The van der Waals surface area contributed by atoms with Crippen molar-refractivity contribution >= 4 is 28.9 Å². The van der Waals surface area contributed by atoms with Gasteiger partial charge in [-0.2, -0.15) is 0 Å². The molecule has 8 heteroatoms. The number of hydrogen-bond donors (Lipinski definition) is 2. The van der Waals surface area contributed by atoms with Crippen LogP contribution in [0.4, 0.5) is 5.69 Å². The Labute approximate surface area is 143 Å². The summed E-state index contributed by atoms with van der Waals surface area (Å²) < 4.78 is 5.31. The van der Waals surface area contributed by atoms with Crippen LogP contribution in [0.5, 0.6) is 0 Å². The molecule has 1 aliphatic carbocycles. The molecule has 1 fully saturated rings. The molecule has 2 heterocycles. The third-order valence-corrected chi connectivity index (χ3v) is 4.75. The standard InChI is InChI=1S/C16H19N3O4S/c1-19(9-11-8-13(23-18-11)10-2-3-10)6-4-14(20)17-12-5-7-24-15(12)16(21)22/h5,7-8,10H,2-4,6,9H2,1H3,(H,17,20)(H,21,22). The molecule has 2 aromatic rings. The summed E-state index contributed by atoms with van der Waals surface area (Å²) in [6.07, 6.45) is 2.62. The lowest BCUT2D eigenvalue weighted by molar-refractivity contribution is -0.116. The minimum absolute atomic E-state index is 0.145. The van der Waals surface area contributed by atoms with E-state index in [1.165, 1.54) is 12.8 Å². The van der Waals surface area contributed by atoms with Gasteiger partial charge in [0.15, 0.2) is 0 Å². The largest absolute Gasteiger partial charge is 0.477 e. The van der Waals surface area contributed by atoms with Gasteiger partial charge in [0.2, 0.25) is 5.91 Å². The summed E-state index contributed by atoms with van der Waals surface area (Å²) in [6.45, 7) is 1.16. The number of nitrogens with one attached hydrogen (secondary N) is 1. The number of aromatic nitrogens is 1. The third kappa shape index (κ3) is 4.21. The van der Waals surface area contributed by atoms with Crippen molar-refractivity contribution < 1.29 is 19.2 Å². The first-order valence-corrected chi connectivity index (χ1v) is 8.65. The van der Waals surface area contributed by atoms with Crippen molar-refractivity contribution in [3.8, 4) is 0 Å². The van der Waals surface area contributed by atoms with Crippen molar-refractivity contribution in [2.24, 2.45) is 0 Å². The van der Waals surface area contributed by atoms with Gasteiger partial charge in [0.05, 0.1) is 11.4 Å². The minimum Gasteiger partial charge on any atom is -0.477 e. The number of carbonyl (C=O) groups is 2. The summed E-state index contributed by atoms with van der Waals surface area (Å²) in [5.74, 6) is 0.252. The molecule has 128 valence electrons. The summed E-state index contributed by atoms with van der Waals surface area (Å²) in [6, 6.07) is 3.59. The summed E-state index contributed by atoms with van der Waals surface area (Å²) in [5, 5.41) is 17.4. The van der Waals surface area contributed by atoms with Gasteiger partial charge in [0.1, 0.15) is 10.6 Å². The molecule has 0 spiro atoms. The highest BCUT2D eigenvalue weighted by Crippen LogP contribution is 2.40. The Hall–Kier alpha value is -2.19. The highest BCUT2D eigenvalue weighted by molar-refractivity contribution is 7.12. The molecular formula is C16H19N3O4S. The number of carbonyl (C=O) groups excluding carboxylic acids is 1. The maximum absolute atomic E-state index is 12.0. The summed E-state index contributed by atoms with van der Waals surface area (Å²) in [4.78, 5) is 25.1. The van der Waals surface area contributed by atoms with Gasteiger partial charge in [0, 0.05) is 31.5 Å². The molecule has 7 nitrogen and oxygen atoms in total. The predicted molar refractivity (Wildman–Crippen MR) is 89.3 cm³/mol. The van der Waals surface area contributed by atoms with E-state index in [-0.39, 0.29) is 17.2 Å². The summed E-state index contributed by atoms with van der Waals surface area (Å²) in [7, 11) is 1.91. The van der Waals surface area contributed by atoms with E-state index in [1.54, 1.807) is 11.4 Å². The predicted octanol–water partition coefficient (Wildman–Crippen LogP) is 2.77. The molecule has 0 bridgehead atoms. The van der Waals surface area contributed by atoms with E-state index in [1.807, 2.05) is 18.0 Å². The van der Waals surface area contributed by atoms with Crippen LogP contribution in [0, 0.1) is 0 Å². The number of hydrogen-bond acceptors (Lipinski definition) is 6. The quantitative estimate of drug-likeness (QED) is 0.761. The van der Waals surface area contributed by atoms with E-state index in [0.29, 0.717) is 24.7 Å². The Morgan fingerprint density at radius 3 is 3.00 bits per heavy atom. The van der Waals surface area contributed by atoms with Gasteiger partial charge in [-0.05, 0) is 31.3 Å². The van der Waals surface area contributed by atoms with Crippen LogP contribution in [-0.4, -0.2) is 40.6 Å². The molecule has 0 aromatic carbocycles. The number of carboxylic acids is 1. The van der Waals surface area contributed by atoms with E-state index in [0.717, 1.165) is 22.8 Å². The fraction of sp³-hybridized carbons (Fsp3) is 0.438. The van der Waals surface area contributed by atoms with Gasteiger partial charge in [0.25, 0.3) is 0 Å². The zero-order valence-electron chi connectivity index (χ0n) is 13.3. The van der Waals surface area contributed by atoms with Gasteiger partial charge in [-0.3, -0.25) is 9.69 Å². The van der Waals surface area contributed by atoms with Gasteiger partial charge < -0.3 is 14.9 Å². The smallest absolute Gasteiger partial charge is 0.348 e. The van der Waals surface area contributed by atoms with Crippen LogP contribution in [0.3, 0.4) is 0 Å².